The van der Waals surface area contributed by atoms with E-state index in [0.29, 0.717) is 5.76 Å². The molecule has 0 heterocycles. The summed E-state index contributed by atoms with van der Waals surface area (Å²) < 4.78 is 4.72. The molecule has 0 aromatic carbocycles. The molecule has 0 N–H and O–H groups in total. The van der Waals surface area contributed by atoms with Crippen LogP contribution in [0, 0.1) is 10.8 Å². The molecule has 1 nitrogen and oxygen atoms in total. The molecule has 0 unspecified atom stereocenters. The van der Waals surface area contributed by atoms with Crippen LogP contribution in [0.1, 0.15) is 47.5 Å². The molecule has 88 valence electrons. The quantitative estimate of drug-likeness (QED) is 0.457. The van der Waals surface area contributed by atoms with Gasteiger partial charge in [0.2, 0.25) is 0 Å². The Bertz CT molecular complexity index is 225. The smallest absolute Gasteiger partial charge is 0.134 e. The van der Waals surface area contributed by atoms with Gasteiger partial charge in [-0.1, -0.05) is 53.3 Å². The van der Waals surface area contributed by atoms with Crippen molar-refractivity contribution in [1.29, 1.82) is 0 Å². The number of rotatable bonds is 6. The third-order valence-corrected chi connectivity index (χ3v) is 3.30. The summed E-state index contributed by atoms with van der Waals surface area (Å²) in [5.74, 6) is 0.612. The third-order valence-electron chi connectivity index (χ3n) is 3.12. The molecule has 0 spiro atoms. The lowest BCUT2D eigenvalue weighted by Gasteiger charge is -2.36. The molecule has 0 bridgehead atoms. The van der Waals surface area contributed by atoms with E-state index >= 15 is 0 Å². The average molecular weight is 231 g/mol. The van der Waals surface area contributed by atoms with E-state index in [1.165, 1.54) is 5.57 Å². The summed E-state index contributed by atoms with van der Waals surface area (Å²) in [6, 6.07) is 0. The van der Waals surface area contributed by atoms with E-state index in [4.69, 9.17) is 16.2 Å². The Morgan fingerprint density at radius 3 is 1.93 bits per heavy atom. The predicted octanol–water partition coefficient (Wildman–Crippen LogP) is 5.08. The van der Waals surface area contributed by atoms with E-state index in [0.717, 1.165) is 12.8 Å². The van der Waals surface area contributed by atoms with Gasteiger partial charge in [0.25, 0.3) is 0 Å². The van der Waals surface area contributed by atoms with E-state index in [1.807, 2.05) is 0 Å². The molecule has 2 heteroatoms. The lowest BCUT2D eigenvalue weighted by atomic mass is 9.70. The maximum atomic E-state index is 5.36. The zero-order chi connectivity index (χ0) is 12.3. The molecule has 15 heavy (non-hydrogen) atoms. The number of halogens is 1. The first-order valence-corrected chi connectivity index (χ1v) is 5.64. The molecule has 0 fully saturated rings. The molecular formula is C13H23ClO. The highest BCUT2D eigenvalue weighted by atomic mass is 35.5. The zero-order valence-corrected chi connectivity index (χ0v) is 11.4. The van der Waals surface area contributed by atoms with Crippen LogP contribution in [0.15, 0.2) is 24.5 Å². The second kappa shape index (κ2) is 5.07. The highest BCUT2D eigenvalue weighted by Crippen LogP contribution is 2.43. The van der Waals surface area contributed by atoms with Gasteiger partial charge in [0, 0.05) is 5.41 Å². The maximum absolute atomic E-state index is 5.36. The lowest BCUT2D eigenvalue weighted by molar-refractivity contribution is 0.205. The fraction of sp³-hybridized carbons (Fsp3) is 0.692. The molecular weight excluding hydrogens is 208 g/mol. The molecule has 0 aromatic rings. The molecule has 0 atom stereocenters. The van der Waals surface area contributed by atoms with E-state index in [1.54, 1.807) is 0 Å². The van der Waals surface area contributed by atoms with Crippen molar-refractivity contribution in [2.45, 2.75) is 47.5 Å². The van der Waals surface area contributed by atoms with Crippen molar-refractivity contribution in [3.05, 3.63) is 24.5 Å². The van der Waals surface area contributed by atoms with Crippen molar-refractivity contribution in [2.75, 3.05) is 0 Å². The fourth-order valence-corrected chi connectivity index (χ4v) is 2.12. The summed E-state index contributed by atoms with van der Waals surface area (Å²) in [5.41, 5.74) is 1.19. The molecule has 0 aliphatic carbocycles. The van der Waals surface area contributed by atoms with Crippen LogP contribution in [0.4, 0.5) is 0 Å². The summed E-state index contributed by atoms with van der Waals surface area (Å²) in [5, 5.41) is 0. The Morgan fingerprint density at radius 1 is 1.13 bits per heavy atom. The number of allylic oxidation sites excluding steroid dienone is 2. The molecule has 0 saturated heterocycles. The van der Waals surface area contributed by atoms with Gasteiger partial charge < -0.3 is 4.29 Å². The Labute approximate surface area is 99.3 Å². The van der Waals surface area contributed by atoms with Crippen LogP contribution in [0.25, 0.3) is 0 Å². The van der Waals surface area contributed by atoms with Gasteiger partial charge in [-0.15, -0.1) is 0 Å². The summed E-state index contributed by atoms with van der Waals surface area (Å²) in [4.78, 5) is 0. The molecule has 0 amide bonds. The van der Waals surface area contributed by atoms with Crippen LogP contribution in [-0.2, 0) is 4.29 Å². The normalized spacial score (nSPS) is 12.4. The van der Waals surface area contributed by atoms with Gasteiger partial charge in [-0.25, -0.2) is 0 Å². The third kappa shape index (κ3) is 3.90. The molecule has 0 rings (SSSR count). The maximum Gasteiger partial charge on any atom is 0.134 e. The van der Waals surface area contributed by atoms with Gasteiger partial charge in [-0.2, -0.15) is 0 Å². The largest absolute Gasteiger partial charge is 0.390 e. The van der Waals surface area contributed by atoms with Crippen molar-refractivity contribution in [2.24, 2.45) is 10.8 Å². The molecule has 0 aliphatic heterocycles. The topological polar surface area (TPSA) is 9.23 Å². The van der Waals surface area contributed by atoms with Gasteiger partial charge in [0.15, 0.2) is 0 Å². The van der Waals surface area contributed by atoms with E-state index in [2.05, 4.69) is 47.8 Å². The highest BCUT2D eigenvalue weighted by Gasteiger charge is 2.33. The van der Waals surface area contributed by atoms with Gasteiger partial charge in [0.1, 0.15) is 17.6 Å². The number of hydrogen-bond donors (Lipinski definition) is 0. The average Bonchev–Trinajstić information content (AvgIpc) is 2.13. The predicted molar refractivity (Wildman–Crippen MR) is 67.7 cm³/mol. The minimum atomic E-state index is -0.136. The number of hydrogen-bond acceptors (Lipinski definition) is 1. The Morgan fingerprint density at radius 2 is 1.60 bits per heavy atom. The minimum Gasteiger partial charge on any atom is -0.390 e. The second-order valence-corrected chi connectivity index (χ2v) is 5.56. The van der Waals surface area contributed by atoms with Crippen LogP contribution < -0.4 is 0 Å². The summed E-state index contributed by atoms with van der Waals surface area (Å²) >= 11 is 5.36. The molecule has 0 radical (unpaired) electrons. The SMILES string of the molecule is C=C(CC)C(C)(C)CC(C)(C)C(=C)OCl. The van der Waals surface area contributed by atoms with Gasteiger partial charge in [0.05, 0.1) is 0 Å². The monoisotopic (exact) mass is 230 g/mol. The Kier molecular flexibility index (Phi) is 4.92. The minimum absolute atomic E-state index is 0.0800. The Hall–Kier alpha value is -0.430. The van der Waals surface area contributed by atoms with Gasteiger partial charge >= 0.3 is 0 Å². The van der Waals surface area contributed by atoms with Crippen molar-refractivity contribution >= 4 is 11.9 Å². The molecule has 0 saturated carbocycles. The lowest BCUT2D eigenvalue weighted by Crippen LogP contribution is -2.26. The van der Waals surface area contributed by atoms with E-state index in [9.17, 15) is 0 Å². The Balaban J connectivity index is 4.71. The zero-order valence-electron chi connectivity index (χ0n) is 10.6. The van der Waals surface area contributed by atoms with Crippen molar-refractivity contribution in [1.82, 2.24) is 0 Å². The van der Waals surface area contributed by atoms with Gasteiger partial charge in [-0.05, 0) is 18.3 Å². The van der Waals surface area contributed by atoms with Crippen LogP contribution in [0.5, 0.6) is 0 Å². The summed E-state index contributed by atoms with van der Waals surface area (Å²) in [6.45, 7) is 18.6. The fourth-order valence-electron chi connectivity index (χ4n) is 1.91. The van der Waals surface area contributed by atoms with Gasteiger partial charge in [-0.3, -0.25) is 0 Å². The van der Waals surface area contributed by atoms with Crippen LogP contribution in [0.3, 0.4) is 0 Å². The first-order valence-electron chi connectivity index (χ1n) is 5.33. The summed E-state index contributed by atoms with van der Waals surface area (Å²) in [7, 11) is 0. The molecule has 0 aliphatic rings. The molecule has 0 aromatic heterocycles. The standard InChI is InChI=1S/C13H23ClO/c1-8-10(2)12(4,5)9-13(6,7)11(3)15-14/h2-3,8-9H2,1,4-7H3. The van der Waals surface area contributed by atoms with Crippen molar-refractivity contribution in [3.8, 4) is 0 Å². The van der Waals surface area contributed by atoms with E-state index in [-0.39, 0.29) is 10.8 Å². The van der Waals surface area contributed by atoms with Crippen molar-refractivity contribution < 1.29 is 4.29 Å². The summed E-state index contributed by atoms with van der Waals surface area (Å²) in [6.07, 6.45) is 1.93. The van der Waals surface area contributed by atoms with Crippen LogP contribution >= 0.6 is 11.9 Å². The van der Waals surface area contributed by atoms with Crippen molar-refractivity contribution in [3.63, 3.8) is 0 Å². The second-order valence-electron chi connectivity index (χ2n) is 5.40. The van der Waals surface area contributed by atoms with Crippen LogP contribution in [0.2, 0.25) is 0 Å². The first-order chi connectivity index (χ1) is 6.67. The first kappa shape index (κ1) is 14.6. The van der Waals surface area contributed by atoms with Crippen LogP contribution in [-0.4, -0.2) is 0 Å². The van der Waals surface area contributed by atoms with E-state index < -0.39 is 0 Å². The highest BCUT2D eigenvalue weighted by molar-refractivity contribution is 6.08.